The first-order valence-corrected chi connectivity index (χ1v) is 6.52. The van der Waals surface area contributed by atoms with Crippen LogP contribution in [0.3, 0.4) is 0 Å². The second-order valence-electron chi connectivity index (χ2n) is 4.96. The van der Waals surface area contributed by atoms with Crippen LogP contribution in [0.2, 0.25) is 0 Å². The first-order chi connectivity index (χ1) is 9.38. The second kappa shape index (κ2) is 4.12. The van der Waals surface area contributed by atoms with E-state index in [0.717, 1.165) is 5.52 Å². The van der Waals surface area contributed by atoms with Gasteiger partial charge in [0.15, 0.2) is 0 Å². The highest BCUT2D eigenvalue weighted by molar-refractivity contribution is 5.83. The zero-order chi connectivity index (χ0) is 12.7. The summed E-state index contributed by atoms with van der Waals surface area (Å²) in [5.41, 5.74) is 2.31. The molecule has 3 aromatic rings. The van der Waals surface area contributed by atoms with Crippen molar-refractivity contribution in [2.45, 2.75) is 25.3 Å². The Balaban J connectivity index is 1.58. The van der Waals surface area contributed by atoms with Crippen LogP contribution in [-0.2, 0) is 6.42 Å². The lowest BCUT2D eigenvalue weighted by Gasteiger charge is -1.96. The maximum absolute atomic E-state index is 5.61. The summed E-state index contributed by atoms with van der Waals surface area (Å²) in [6.07, 6.45) is 5.05. The van der Waals surface area contributed by atoms with Crippen molar-refractivity contribution >= 4 is 16.9 Å². The lowest BCUT2D eigenvalue weighted by molar-refractivity contribution is 0.516. The van der Waals surface area contributed by atoms with Crippen LogP contribution >= 0.6 is 0 Å². The zero-order valence-electron chi connectivity index (χ0n) is 10.4. The average molecular weight is 254 g/mol. The van der Waals surface area contributed by atoms with E-state index < -0.39 is 0 Å². The predicted molar refractivity (Wildman–Crippen MR) is 72.0 cm³/mol. The maximum Gasteiger partial charge on any atom is 0.315 e. The first-order valence-electron chi connectivity index (χ1n) is 6.52. The van der Waals surface area contributed by atoms with Crippen molar-refractivity contribution in [3.63, 3.8) is 0 Å². The molecule has 0 unspecified atom stereocenters. The van der Waals surface area contributed by atoms with Crippen molar-refractivity contribution in [3.05, 3.63) is 41.9 Å². The number of benzene rings is 1. The number of fused-ring (bicyclic) bond motifs is 1. The highest BCUT2D eigenvalue weighted by atomic mass is 16.4. The minimum atomic E-state index is 0.529. The van der Waals surface area contributed by atoms with E-state index >= 15 is 0 Å². The molecule has 0 amide bonds. The van der Waals surface area contributed by atoms with Crippen LogP contribution in [-0.4, -0.2) is 21.2 Å². The van der Waals surface area contributed by atoms with Gasteiger partial charge in [-0.3, -0.25) is 0 Å². The Morgan fingerprint density at radius 1 is 1.26 bits per heavy atom. The van der Waals surface area contributed by atoms with E-state index in [-0.39, 0.29) is 0 Å². The van der Waals surface area contributed by atoms with Gasteiger partial charge in [-0.15, -0.1) is 5.10 Å². The number of H-pyrrole nitrogens is 1. The molecule has 2 heterocycles. The van der Waals surface area contributed by atoms with E-state index in [1.807, 2.05) is 18.3 Å². The van der Waals surface area contributed by atoms with E-state index in [1.165, 1.54) is 23.8 Å². The summed E-state index contributed by atoms with van der Waals surface area (Å²) in [4.78, 5) is 3.25. The number of rotatable bonds is 4. The molecule has 1 aliphatic carbocycles. The Bertz CT molecular complexity index is 711. The van der Waals surface area contributed by atoms with Gasteiger partial charge in [-0.05, 0) is 24.5 Å². The number of hydrogen-bond acceptors (Lipinski definition) is 4. The smallest absolute Gasteiger partial charge is 0.315 e. The van der Waals surface area contributed by atoms with E-state index in [0.29, 0.717) is 24.4 Å². The first kappa shape index (κ1) is 10.6. The van der Waals surface area contributed by atoms with E-state index in [2.05, 4.69) is 32.6 Å². The third kappa shape index (κ3) is 2.07. The highest BCUT2D eigenvalue weighted by Gasteiger charge is 2.23. The molecule has 2 aromatic heterocycles. The Kier molecular flexibility index (Phi) is 2.30. The van der Waals surface area contributed by atoms with Crippen molar-refractivity contribution in [2.75, 3.05) is 5.32 Å². The maximum atomic E-state index is 5.61. The molecule has 4 rings (SSSR count). The van der Waals surface area contributed by atoms with E-state index in [1.54, 1.807) is 0 Å². The van der Waals surface area contributed by atoms with Crippen molar-refractivity contribution in [2.24, 2.45) is 0 Å². The van der Waals surface area contributed by atoms with Gasteiger partial charge in [0.25, 0.3) is 0 Å². The Morgan fingerprint density at radius 2 is 2.16 bits per heavy atom. The molecule has 0 saturated heterocycles. The molecule has 1 aromatic carbocycles. The molecular formula is C14H14N4O. The molecular weight excluding hydrogens is 240 g/mol. The number of nitrogens with zero attached hydrogens (tertiary/aromatic N) is 2. The third-order valence-corrected chi connectivity index (χ3v) is 3.39. The molecule has 19 heavy (non-hydrogen) atoms. The number of anilines is 1. The molecule has 2 N–H and O–H groups in total. The molecule has 5 heteroatoms. The SMILES string of the molecule is c1ccc2c(Cc3nnc(NC4CC4)o3)c[nH]c2c1. The van der Waals surface area contributed by atoms with Gasteiger partial charge < -0.3 is 14.7 Å². The number of aromatic amines is 1. The van der Waals surface area contributed by atoms with Crippen molar-refractivity contribution in [1.82, 2.24) is 15.2 Å². The average Bonchev–Trinajstić information content (AvgIpc) is 2.98. The number of aromatic nitrogens is 3. The summed E-state index contributed by atoms with van der Waals surface area (Å²) in [5, 5.41) is 12.5. The van der Waals surface area contributed by atoms with Crippen LogP contribution in [0.5, 0.6) is 0 Å². The van der Waals surface area contributed by atoms with Crippen LogP contribution in [0.25, 0.3) is 10.9 Å². The lowest BCUT2D eigenvalue weighted by Crippen LogP contribution is -2.00. The third-order valence-electron chi connectivity index (χ3n) is 3.39. The monoisotopic (exact) mass is 254 g/mol. The normalized spacial score (nSPS) is 14.9. The molecule has 1 saturated carbocycles. The van der Waals surface area contributed by atoms with Gasteiger partial charge >= 0.3 is 6.01 Å². The summed E-state index contributed by atoms with van der Waals surface area (Å²) in [7, 11) is 0. The molecule has 0 bridgehead atoms. The molecule has 0 radical (unpaired) electrons. The van der Waals surface area contributed by atoms with Gasteiger partial charge in [-0.2, -0.15) is 0 Å². The number of nitrogens with one attached hydrogen (secondary N) is 2. The Morgan fingerprint density at radius 3 is 3.05 bits per heavy atom. The summed E-state index contributed by atoms with van der Waals surface area (Å²) in [5.74, 6) is 0.646. The van der Waals surface area contributed by atoms with Crippen LogP contribution in [0, 0.1) is 0 Å². The molecule has 96 valence electrons. The van der Waals surface area contributed by atoms with Crippen LogP contribution in [0.4, 0.5) is 6.01 Å². The minimum absolute atomic E-state index is 0.529. The van der Waals surface area contributed by atoms with Crippen LogP contribution in [0.15, 0.2) is 34.9 Å². The second-order valence-corrected chi connectivity index (χ2v) is 4.96. The van der Waals surface area contributed by atoms with Gasteiger partial charge in [-0.25, -0.2) is 0 Å². The van der Waals surface area contributed by atoms with Gasteiger partial charge in [0.2, 0.25) is 5.89 Å². The fourth-order valence-electron chi connectivity index (χ4n) is 2.23. The fourth-order valence-corrected chi connectivity index (χ4v) is 2.23. The van der Waals surface area contributed by atoms with Gasteiger partial charge in [-0.1, -0.05) is 23.3 Å². The van der Waals surface area contributed by atoms with Gasteiger partial charge in [0, 0.05) is 23.1 Å². The Labute approximate surface area is 110 Å². The molecule has 0 aliphatic heterocycles. The molecule has 0 atom stereocenters. The quantitative estimate of drug-likeness (QED) is 0.751. The van der Waals surface area contributed by atoms with Crippen LogP contribution < -0.4 is 5.32 Å². The molecule has 0 spiro atoms. The van der Waals surface area contributed by atoms with E-state index in [4.69, 9.17) is 4.42 Å². The Hall–Kier alpha value is -2.30. The lowest BCUT2D eigenvalue weighted by atomic mass is 10.1. The molecule has 1 fully saturated rings. The van der Waals surface area contributed by atoms with Crippen LogP contribution in [0.1, 0.15) is 24.3 Å². The predicted octanol–water partition coefficient (Wildman–Crippen LogP) is 2.72. The van der Waals surface area contributed by atoms with Crippen molar-refractivity contribution < 1.29 is 4.42 Å². The van der Waals surface area contributed by atoms with Gasteiger partial charge in [0.1, 0.15) is 0 Å². The summed E-state index contributed by atoms with van der Waals surface area (Å²) in [6.45, 7) is 0. The summed E-state index contributed by atoms with van der Waals surface area (Å²) < 4.78 is 5.61. The largest absolute Gasteiger partial charge is 0.408 e. The standard InChI is InChI=1S/C14H14N4O/c1-2-4-12-11(3-1)9(8-15-12)7-13-17-18-14(19-13)16-10-5-6-10/h1-4,8,10,15H,5-7H2,(H,16,18). The fraction of sp³-hybridized carbons (Fsp3) is 0.286. The molecule has 1 aliphatic rings. The van der Waals surface area contributed by atoms with E-state index in [9.17, 15) is 0 Å². The van der Waals surface area contributed by atoms with Crippen molar-refractivity contribution in [1.29, 1.82) is 0 Å². The van der Waals surface area contributed by atoms with Gasteiger partial charge in [0.05, 0.1) is 6.42 Å². The zero-order valence-corrected chi connectivity index (χ0v) is 10.4. The highest BCUT2D eigenvalue weighted by Crippen LogP contribution is 2.25. The topological polar surface area (TPSA) is 66.7 Å². The number of hydrogen-bond donors (Lipinski definition) is 2. The summed E-state index contributed by atoms with van der Waals surface area (Å²) >= 11 is 0. The number of para-hydroxylation sites is 1. The van der Waals surface area contributed by atoms with Crippen molar-refractivity contribution in [3.8, 4) is 0 Å². The summed E-state index contributed by atoms with van der Waals surface area (Å²) in [6, 6.07) is 9.28. The minimum Gasteiger partial charge on any atom is -0.408 e. The molecule has 5 nitrogen and oxygen atoms in total.